The van der Waals surface area contributed by atoms with Gasteiger partial charge in [-0.05, 0) is 36.8 Å². The number of fused-ring (bicyclic) bond motifs is 1. The third kappa shape index (κ3) is 5.22. The number of carbonyl (C=O) groups excluding carboxylic acids is 3. The molecule has 2 aromatic carbocycles. The Bertz CT molecular complexity index is 1180. The molecule has 0 unspecified atom stereocenters. The molecular formula is C21H20N4O5. The Labute approximate surface area is 171 Å². The fourth-order valence-corrected chi connectivity index (χ4v) is 2.68. The maximum atomic E-state index is 12.5. The summed E-state index contributed by atoms with van der Waals surface area (Å²) >= 11 is 0. The van der Waals surface area contributed by atoms with Crippen LogP contribution in [0.15, 0.2) is 59.0 Å². The summed E-state index contributed by atoms with van der Waals surface area (Å²) in [6.45, 7) is 2.68. The fourth-order valence-electron chi connectivity index (χ4n) is 2.68. The van der Waals surface area contributed by atoms with Crippen LogP contribution in [-0.2, 0) is 19.1 Å². The van der Waals surface area contributed by atoms with Crippen LogP contribution in [-0.4, -0.2) is 33.9 Å². The lowest BCUT2D eigenvalue weighted by atomic mass is 10.2. The van der Waals surface area contributed by atoms with E-state index in [1.807, 2.05) is 6.07 Å². The van der Waals surface area contributed by atoms with Gasteiger partial charge in [-0.25, -0.2) is 9.59 Å². The second-order valence-electron chi connectivity index (χ2n) is 6.53. The van der Waals surface area contributed by atoms with Gasteiger partial charge < -0.3 is 25.3 Å². The monoisotopic (exact) mass is 408 g/mol. The van der Waals surface area contributed by atoms with Gasteiger partial charge in [-0.1, -0.05) is 30.3 Å². The van der Waals surface area contributed by atoms with Crippen LogP contribution in [0.1, 0.15) is 19.4 Å². The first-order valence-electron chi connectivity index (χ1n) is 9.10. The molecule has 1 atom stereocenters. The number of nitrogens with one attached hydrogen (secondary N) is 4. The average Bonchev–Trinajstić information content (AvgIpc) is 3.07. The summed E-state index contributed by atoms with van der Waals surface area (Å²) < 4.78 is 5.21. The van der Waals surface area contributed by atoms with Crippen molar-refractivity contribution >= 4 is 40.6 Å². The number of anilines is 1. The van der Waals surface area contributed by atoms with Crippen LogP contribution in [0.3, 0.4) is 0 Å². The smallest absolute Gasteiger partial charge is 0.355 e. The highest BCUT2D eigenvalue weighted by molar-refractivity contribution is 6.01. The lowest BCUT2D eigenvalue weighted by molar-refractivity contribution is -0.149. The lowest BCUT2D eigenvalue weighted by Gasteiger charge is -2.15. The number of aromatic amines is 2. The summed E-state index contributed by atoms with van der Waals surface area (Å²) in [6.07, 6.45) is 0.330. The van der Waals surface area contributed by atoms with E-state index in [0.29, 0.717) is 22.3 Å². The predicted octanol–water partition coefficient (Wildman–Crippen LogP) is 1.90. The highest BCUT2D eigenvalue weighted by Gasteiger charge is 2.21. The number of amides is 2. The first-order valence-corrected chi connectivity index (χ1v) is 9.10. The molecule has 0 aliphatic heterocycles. The number of ether oxygens (including phenoxy) is 1. The SMILES string of the molecule is CC(=O)N/C(=C\c1ccccc1)C(=O)O[C@H](C)C(=O)Nc1ccc2[nH]c(=O)[nH]c2c1. The topological polar surface area (TPSA) is 133 Å². The van der Waals surface area contributed by atoms with E-state index in [4.69, 9.17) is 4.74 Å². The Hall–Kier alpha value is -4.14. The van der Waals surface area contributed by atoms with Gasteiger partial charge in [-0.15, -0.1) is 0 Å². The molecule has 30 heavy (non-hydrogen) atoms. The van der Waals surface area contributed by atoms with Crippen LogP contribution in [0, 0.1) is 0 Å². The zero-order chi connectivity index (χ0) is 21.7. The van der Waals surface area contributed by atoms with E-state index in [2.05, 4.69) is 20.6 Å². The van der Waals surface area contributed by atoms with E-state index in [0.717, 1.165) is 0 Å². The van der Waals surface area contributed by atoms with Crippen molar-refractivity contribution in [3.63, 3.8) is 0 Å². The van der Waals surface area contributed by atoms with E-state index in [1.165, 1.54) is 19.9 Å². The summed E-state index contributed by atoms with van der Waals surface area (Å²) in [4.78, 5) is 52.9. The van der Waals surface area contributed by atoms with Crippen molar-refractivity contribution in [3.05, 3.63) is 70.3 Å². The Balaban J connectivity index is 1.69. The normalized spacial score (nSPS) is 12.3. The minimum atomic E-state index is -1.13. The summed E-state index contributed by atoms with van der Waals surface area (Å²) in [5, 5.41) is 5.04. The minimum Gasteiger partial charge on any atom is -0.448 e. The molecule has 0 saturated heterocycles. The number of H-pyrrole nitrogens is 2. The lowest BCUT2D eigenvalue weighted by Crippen LogP contribution is -2.33. The molecule has 1 aromatic heterocycles. The molecule has 154 valence electrons. The van der Waals surface area contributed by atoms with Gasteiger partial charge in [0.1, 0.15) is 5.70 Å². The predicted molar refractivity (Wildman–Crippen MR) is 111 cm³/mol. The second-order valence-corrected chi connectivity index (χ2v) is 6.53. The van der Waals surface area contributed by atoms with Crippen molar-refractivity contribution in [2.75, 3.05) is 5.32 Å². The molecule has 2 amide bonds. The molecule has 0 aliphatic carbocycles. The van der Waals surface area contributed by atoms with E-state index >= 15 is 0 Å². The summed E-state index contributed by atoms with van der Waals surface area (Å²) in [5.41, 5.74) is 1.80. The summed E-state index contributed by atoms with van der Waals surface area (Å²) in [7, 11) is 0. The zero-order valence-corrected chi connectivity index (χ0v) is 16.3. The van der Waals surface area contributed by atoms with Gasteiger partial charge in [0.15, 0.2) is 6.10 Å². The van der Waals surface area contributed by atoms with Crippen molar-refractivity contribution in [2.24, 2.45) is 0 Å². The van der Waals surface area contributed by atoms with Crippen LogP contribution in [0.5, 0.6) is 0 Å². The third-order valence-electron chi connectivity index (χ3n) is 4.08. The number of hydrogen-bond acceptors (Lipinski definition) is 5. The van der Waals surface area contributed by atoms with Crippen molar-refractivity contribution in [1.82, 2.24) is 15.3 Å². The van der Waals surface area contributed by atoms with E-state index < -0.39 is 23.9 Å². The number of aromatic nitrogens is 2. The molecule has 0 bridgehead atoms. The fraction of sp³-hybridized carbons (Fsp3) is 0.143. The molecule has 9 heteroatoms. The molecule has 3 aromatic rings. The van der Waals surface area contributed by atoms with Crippen LogP contribution < -0.4 is 16.3 Å². The molecule has 9 nitrogen and oxygen atoms in total. The average molecular weight is 408 g/mol. The molecule has 0 radical (unpaired) electrons. The van der Waals surface area contributed by atoms with Gasteiger partial charge >= 0.3 is 11.7 Å². The Kier molecular flexibility index (Phi) is 6.11. The van der Waals surface area contributed by atoms with Crippen molar-refractivity contribution in [1.29, 1.82) is 0 Å². The maximum absolute atomic E-state index is 12.5. The molecule has 1 heterocycles. The molecule has 0 spiro atoms. The second kappa shape index (κ2) is 8.91. The molecule has 0 fully saturated rings. The van der Waals surface area contributed by atoms with Crippen LogP contribution in [0.2, 0.25) is 0 Å². The van der Waals surface area contributed by atoms with E-state index in [1.54, 1.807) is 42.5 Å². The Morgan fingerprint density at radius 3 is 2.43 bits per heavy atom. The number of carbonyl (C=O) groups is 3. The summed E-state index contributed by atoms with van der Waals surface area (Å²) in [5.74, 6) is -1.86. The number of benzene rings is 2. The van der Waals surface area contributed by atoms with E-state index in [-0.39, 0.29) is 11.4 Å². The van der Waals surface area contributed by atoms with Crippen molar-refractivity contribution in [3.8, 4) is 0 Å². The standard InChI is InChI=1S/C21H20N4O5/c1-12(19(27)23-15-8-9-16-17(11-15)25-21(29)24-16)30-20(28)18(22-13(2)26)10-14-6-4-3-5-7-14/h3-12H,1-2H3,(H,22,26)(H,23,27)(H2,24,25,29)/b18-10-/t12-/m1/s1. The highest BCUT2D eigenvalue weighted by atomic mass is 16.5. The Morgan fingerprint density at radius 1 is 1.03 bits per heavy atom. The van der Waals surface area contributed by atoms with Crippen LogP contribution in [0.25, 0.3) is 17.1 Å². The minimum absolute atomic E-state index is 0.0836. The number of imidazole rings is 1. The third-order valence-corrected chi connectivity index (χ3v) is 4.08. The number of hydrogen-bond donors (Lipinski definition) is 4. The molecule has 3 rings (SSSR count). The van der Waals surface area contributed by atoms with Crippen molar-refractivity contribution in [2.45, 2.75) is 20.0 Å². The molecule has 0 saturated carbocycles. The highest BCUT2D eigenvalue weighted by Crippen LogP contribution is 2.15. The van der Waals surface area contributed by atoms with Gasteiger partial charge in [0, 0.05) is 12.6 Å². The van der Waals surface area contributed by atoms with Gasteiger partial charge in [0.05, 0.1) is 11.0 Å². The van der Waals surface area contributed by atoms with Crippen LogP contribution >= 0.6 is 0 Å². The van der Waals surface area contributed by atoms with Gasteiger partial charge in [0.25, 0.3) is 5.91 Å². The van der Waals surface area contributed by atoms with Crippen molar-refractivity contribution < 1.29 is 19.1 Å². The molecule has 4 N–H and O–H groups in total. The first kappa shape index (κ1) is 20.6. The quantitative estimate of drug-likeness (QED) is 0.365. The Morgan fingerprint density at radius 2 is 1.73 bits per heavy atom. The van der Waals surface area contributed by atoms with Gasteiger partial charge in [-0.3, -0.25) is 9.59 Å². The molecular weight excluding hydrogens is 388 g/mol. The molecule has 0 aliphatic rings. The zero-order valence-electron chi connectivity index (χ0n) is 16.3. The largest absolute Gasteiger partial charge is 0.448 e. The summed E-state index contributed by atoms with van der Waals surface area (Å²) in [6, 6.07) is 13.7. The van der Waals surface area contributed by atoms with E-state index in [9.17, 15) is 19.2 Å². The number of esters is 1. The van der Waals surface area contributed by atoms with Crippen LogP contribution in [0.4, 0.5) is 5.69 Å². The van der Waals surface area contributed by atoms with Gasteiger partial charge in [-0.2, -0.15) is 0 Å². The number of rotatable bonds is 6. The first-order chi connectivity index (χ1) is 14.3. The van der Waals surface area contributed by atoms with Gasteiger partial charge in [0.2, 0.25) is 5.91 Å². The maximum Gasteiger partial charge on any atom is 0.355 e.